The molecule has 0 saturated heterocycles. The first-order valence-corrected chi connectivity index (χ1v) is 13.0. The fourth-order valence-corrected chi connectivity index (χ4v) is 5.12. The summed E-state index contributed by atoms with van der Waals surface area (Å²) in [4.78, 5) is 43.6. The van der Waals surface area contributed by atoms with Crippen molar-refractivity contribution in [2.24, 2.45) is 4.99 Å². The van der Waals surface area contributed by atoms with Gasteiger partial charge in [-0.05, 0) is 87.7 Å². The number of amidine groups is 1. The van der Waals surface area contributed by atoms with Crippen molar-refractivity contribution in [2.75, 3.05) is 12.0 Å². The van der Waals surface area contributed by atoms with Crippen molar-refractivity contribution >= 4 is 62.4 Å². The number of ether oxygens (including phenoxy) is 2. The Labute approximate surface area is 227 Å². The molecule has 0 saturated carbocycles. The SMILES string of the molecule is CCc1ccc(N(C(C)=O)C2=NC(=O)C(=Cc3cc(Br)c(OC(=O)c4ccccc4)c(OC)c3)S2)cc1. The molecule has 0 aliphatic carbocycles. The molecule has 1 heterocycles. The normalized spacial score (nSPS) is 13.9. The Morgan fingerprint density at radius 1 is 1.08 bits per heavy atom. The number of hydrogen-bond donors (Lipinski definition) is 0. The minimum absolute atomic E-state index is 0.221. The Bertz CT molecular complexity index is 1420. The summed E-state index contributed by atoms with van der Waals surface area (Å²) in [7, 11) is 1.46. The van der Waals surface area contributed by atoms with E-state index in [4.69, 9.17) is 9.47 Å². The van der Waals surface area contributed by atoms with Gasteiger partial charge in [-0.2, -0.15) is 4.99 Å². The molecular formula is C28H23BrN2O5S. The molecule has 2 amide bonds. The zero-order chi connectivity index (χ0) is 26.5. The van der Waals surface area contributed by atoms with Crippen LogP contribution in [0.4, 0.5) is 5.69 Å². The highest BCUT2D eigenvalue weighted by Crippen LogP contribution is 2.39. The molecule has 0 bridgehead atoms. The third kappa shape index (κ3) is 6.00. The van der Waals surface area contributed by atoms with Crippen molar-refractivity contribution in [2.45, 2.75) is 20.3 Å². The zero-order valence-corrected chi connectivity index (χ0v) is 22.8. The molecule has 188 valence electrons. The standard InChI is InChI=1S/C28H23BrN2O5S/c1-4-18-10-12-21(13-11-18)31(17(2)32)28-30-26(33)24(37-28)16-19-14-22(29)25(23(15-19)35-3)36-27(34)20-8-6-5-7-9-20/h5-16H,4H2,1-3H3. The number of hydrogen-bond acceptors (Lipinski definition) is 6. The van der Waals surface area contributed by atoms with Gasteiger partial charge in [0.2, 0.25) is 5.91 Å². The van der Waals surface area contributed by atoms with E-state index in [1.165, 1.54) is 18.9 Å². The second-order valence-corrected chi connectivity index (χ2v) is 9.84. The summed E-state index contributed by atoms with van der Waals surface area (Å²) < 4.78 is 11.5. The Kier molecular flexibility index (Phi) is 8.25. The van der Waals surface area contributed by atoms with Gasteiger partial charge in [-0.3, -0.25) is 14.5 Å². The summed E-state index contributed by atoms with van der Waals surface area (Å²) in [5.74, 6) is -0.700. The van der Waals surface area contributed by atoms with Gasteiger partial charge in [0.1, 0.15) is 0 Å². The number of nitrogens with zero attached hydrogens (tertiary/aromatic N) is 2. The number of aryl methyl sites for hydroxylation is 1. The quantitative estimate of drug-likeness (QED) is 0.195. The number of halogens is 1. The van der Waals surface area contributed by atoms with Gasteiger partial charge in [-0.25, -0.2) is 4.79 Å². The predicted molar refractivity (Wildman–Crippen MR) is 149 cm³/mol. The van der Waals surface area contributed by atoms with Crippen LogP contribution >= 0.6 is 27.7 Å². The molecule has 0 N–H and O–H groups in total. The van der Waals surface area contributed by atoms with Crippen LogP contribution in [0.25, 0.3) is 6.08 Å². The van der Waals surface area contributed by atoms with E-state index in [0.29, 0.717) is 31.9 Å². The maximum atomic E-state index is 12.7. The second kappa shape index (κ2) is 11.6. The summed E-state index contributed by atoms with van der Waals surface area (Å²) in [5.41, 5.74) is 2.80. The lowest BCUT2D eigenvalue weighted by Gasteiger charge is -2.20. The number of aliphatic imine (C=N–C) groups is 1. The van der Waals surface area contributed by atoms with E-state index < -0.39 is 11.9 Å². The number of amides is 2. The molecule has 1 aliphatic rings. The summed E-state index contributed by atoms with van der Waals surface area (Å²) in [5, 5.41) is 0.285. The lowest BCUT2D eigenvalue weighted by molar-refractivity contribution is -0.115. The number of carbonyl (C=O) groups excluding carboxylic acids is 3. The smallest absolute Gasteiger partial charge is 0.343 e. The molecule has 9 heteroatoms. The van der Waals surface area contributed by atoms with Crippen molar-refractivity contribution in [3.63, 3.8) is 0 Å². The van der Waals surface area contributed by atoms with E-state index in [1.807, 2.05) is 30.3 Å². The third-order valence-corrected chi connectivity index (χ3v) is 7.03. The summed E-state index contributed by atoms with van der Waals surface area (Å²) in [6.07, 6.45) is 2.53. The second-order valence-electron chi connectivity index (χ2n) is 7.97. The van der Waals surface area contributed by atoms with Crippen LogP contribution in [0.2, 0.25) is 0 Å². The highest BCUT2D eigenvalue weighted by atomic mass is 79.9. The lowest BCUT2D eigenvalue weighted by Crippen LogP contribution is -2.32. The van der Waals surface area contributed by atoms with E-state index in [9.17, 15) is 14.4 Å². The third-order valence-electron chi connectivity index (χ3n) is 5.47. The Morgan fingerprint density at radius 3 is 2.41 bits per heavy atom. The molecule has 0 spiro atoms. The zero-order valence-electron chi connectivity index (χ0n) is 20.4. The molecule has 37 heavy (non-hydrogen) atoms. The molecule has 1 aliphatic heterocycles. The maximum absolute atomic E-state index is 12.7. The average Bonchev–Trinajstić information content (AvgIpc) is 3.25. The van der Waals surface area contributed by atoms with Gasteiger partial charge in [0.25, 0.3) is 5.91 Å². The van der Waals surface area contributed by atoms with Gasteiger partial charge >= 0.3 is 5.97 Å². The highest BCUT2D eigenvalue weighted by Gasteiger charge is 2.29. The fraction of sp³-hybridized carbons (Fsp3) is 0.143. The van der Waals surface area contributed by atoms with Gasteiger partial charge in [0.15, 0.2) is 16.7 Å². The number of rotatable bonds is 6. The van der Waals surface area contributed by atoms with Crippen LogP contribution in [0.3, 0.4) is 0 Å². The van der Waals surface area contributed by atoms with Crippen LogP contribution in [0.1, 0.15) is 35.3 Å². The monoisotopic (exact) mass is 578 g/mol. The molecule has 4 rings (SSSR count). The largest absolute Gasteiger partial charge is 0.493 e. The topological polar surface area (TPSA) is 85.3 Å². The maximum Gasteiger partial charge on any atom is 0.343 e. The van der Waals surface area contributed by atoms with E-state index in [0.717, 1.165) is 23.7 Å². The van der Waals surface area contributed by atoms with Crippen molar-refractivity contribution in [1.82, 2.24) is 0 Å². The molecular weight excluding hydrogens is 556 g/mol. The van der Waals surface area contributed by atoms with Crippen LogP contribution in [0.5, 0.6) is 11.5 Å². The minimum Gasteiger partial charge on any atom is -0.493 e. The molecule has 3 aromatic carbocycles. The van der Waals surface area contributed by atoms with Crippen LogP contribution < -0.4 is 14.4 Å². The number of methoxy groups -OCH3 is 1. The Morgan fingerprint density at radius 2 is 1.78 bits per heavy atom. The Balaban J connectivity index is 1.58. The molecule has 0 aromatic heterocycles. The molecule has 0 atom stereocenters. The van der Waals surface area contributed by atoms with Gasteiger partial charge < -0.3 is 9.47 Å². The van der Waals surface area contributed by atoms with Crippen LogP contribution in [0.15, 0.2) is 81.1 Å². The molecule has 0 unspecified atom stereocenters. The van der Waals surface area contributed by atoms with Crippen LogP contribution in [-0.4, -0.2) is 30.1 Å². The van der Waals surface area contributed by atoms with Crippen molar-refractivity contribution in [3.05, 3.63) is 92.8 Å². The highest BCUT2D eigenvalue weighted by molar-refractivity contribution is 9.10. The van der Waals surface area contributed by atoms with Gasteiger partial charge in [0.05, 0.1) is 27.7 Å². The first-order chi connectivity index (χ1) is 17.8. The average molecular weight is 579 g/mol. The number of thioether (sulfide) groups is 1. The first kappa shape index (κ1) is 26.4. The van der Waals surface area contributed by atoms with E-state index >= 15 is 0 Å². The van der Waals surface area contributed by atoms with Gasteiger partial charge in [0, 0.05) is 6.92 Å². The molecule has 0 radical (unpaired) electrons. The van der Waals surface area contributed by atoms with E-state index in [1.54, 1.807) is 42.5 Å². The minimum atomic E-state index is -0.526. The van der Waals surface area contributed by atoms with Gasteiger partial charge in [-0.15, -0.1) is 0 Å². The number of carbonyl (C=O) groups is 3. The molecule has 0 fully saturated rings. The van der Waals surface area contributed by atoms with Crippen LogP contribution in [0, 0.1) is 0 Å². The van der Waals surface area contributed by atoms with Crippen LogP contribution in [-0.2, 0) is 16.0 Å². The fourth-order valence-electron chi connectivity index (χ4n) is 3.60. The summed E-state index contributed by atoms with van der Waals surface area (Å²) in [6.45, 7) is 3.48. The number of anilines is 1. The lowest BCUT2D eigenvalue weighted by atomic mass is 10.1. The van der Waals surface area contributed by atoms with Crippen molar-refractivity contribution in [3.8, 4) is 11.5 Å². The Hall–Kier alpha value is -3.69. The molecule has 3 aromatic rings. The summed E-state index contributed by atoms with van der Waals surface area (Å²) in [6, 6.07) is 19.6. The van der Waals surface area contributed by atoms with Gasteiger partial charge in [-0.1, -0.05) is 37.3 Å². The van der Waals surface area contributed by atoms with E-state index in [-0.39, 0.29) is 16.8 Å². The number of esters is 1. The summed E-state index contributed by atoms with van der Waals surface area (Å²) >= 11 is 4.55. The number of benzene rings is 3. The molecule has 7 nitrogen and oxygen atoms in total. The first-order valence-electron chi connectivity index (χ1n) is 11.4. The predicted octanol–water partition coefficient (Wildman–Crippen LogP) is 6.26. The van der Waals surface area contributed by atoms with E-state index in [2.05, 4.69) is 27.8 Å². The van der Waals surface area contributed by atoms with Crippen molar-refractivity contribution < 1.29 is 23.9 Å². The van der Waals surface area contributed by atoms with Crippen molar-refractivity contribution in [1.29, 1.82) is 0 Å².